The Bertz CT molecular complexity index is 1060. The smallest absolute Gasteiger partial charge is 0.243 e. The molecular formula is C27H29FN2O2S. The summed E-state index contributed by atoms with van der Waals surface area (Å²) in [7, 11) is 0. The van der Waals surface area contributed by atoms with Crippen LogP contribution in [0, 0.1) is 12.7 Å². The van der Waals surface area contributed by atoms with Crippen molar-refractivity contribution in [3.05, 3.63) is 101 Å². The summed E-state index contributed by atoms with van der Waals surface area (Å²) in [6.07, 6.45) is 0.349. The molecule has 0 bridgehead atoms. The van der Waals surface area contributed by atoms with Crippen molar-refractivity contribution >= 4 is 23.6 Å². The van der Waals surface area contributed by atoms with Gasteiger partial charge in [0.15, 0.2) is 0 Å². The molecule has 2 amide bonds. The minimum absolute atomic E-state index is 0.0224. The highest BCUT2D eigenvalue weighted by molar-refractivity contribution is 8.00. The maximum Gasteiger partial charge on any atom is 0.243 e. The maximum absolute atomic E-state index is 14.5. The lowest BCUT2D eigenvalue weighted by atomic mass is 10.0. The van der Waals surface area contributed by atoms with Gasteiger partial charge in [0.05, 0.1) is 5.75 Å². The van der Waals surface area contributed by atoms with E-state index in [-0.39, 0.29) is 24.1 Å². The summed E-state index contributed by atoms with van der Waals surface area (Å²) in [6, 6.07) is 23.1. The molecule has 0 aliphatic carbocycles. The van der Waals surface area contributed by atoms with Crippen molar-refractivity contribution in [2.75, 3.05) is 12.3 Å². The molecule has 172 valence electrons. The van der Waals surface area contributed by atoms with Crippen LogP contribution >= 0.6 is 11.8 Å². The number of hydrogen-bond donors (Lipinski definition) is 1. The van der Waals surface area contributed by atoms with Crippen LogP contribution in [0.1, 0.15) is 23.6 Å². The van der Waals surface area contributed by atoms with Gasteiger partial charge in [-0.3, -0.25) is 9.59 Å². The molecule has 33 heavy (non-hydrogen) atoms. The first-order valence-corrected chi connectivity index (χ1v) is 12.0. The second-order valence-electron chi connectivity index (χ2n) is 7.81. The monoisotopic (exact) mass is 464 g/mol. The maximum atomic E-state index is 14.5. The fourth-order valence-electron chi connectivity index (χ4n) is 3.52. The Morgan fingerprint density at radius 1 is 0.970 bits per heavy atom. The number of thioether (sulfide) groups is 1. The summed E-state index contributed by atoms with van der Waals surface area (Å²) in [4.78, 5) is 29.0. The lowest BCUT2D eigenvalue weighted by Crippen LogP contribution is -2.51. The molecule has 0 fully saturated rings. The van der Waals surface area contributed by atoms with Gasteiger partial charge in [-0.2, -0.15) is 0 Å². The van der Waals surface area contributed by atoms with Gasteiger partial charge >= 0.3 is 0 Å². The first-order valence-electron chi connectivity index (χ1n) is 11.0. The zero-order valence-electron chi connectivity index (χ0n) is 19.0. The van der Waals surface area contributed by atoms with Crippen LogP contribution in [0.25, 0.3) is 0 Å². The van der Waals surface area contributed by atoms with E-state index in [0.29, 0.717) is 18.5 Å². The van der Waals surface area contributed by atoms with Crippen molar-refractivity contribution in [2.24, 2.45) is 0 Å². The van der Waals surface area contributed by atoms with Crippen LogP contribution in [0.4, 0.5) is 4.39 Å². The van der Waals surface area contributed by atoms with E-state index in [2.05, 4.69) is 5.32 Å². The van der Waals surface area contributed by atoms with Gasteiger partial charge in [-0.15, -0.1) is 11.8 Å². The molecule has 1 atom stereocenters. The van der Waals surface area contributed by atoms with Crippen LogP contribution < -0.4 is 5.32 Å². The number of hydrogen-bond acceptors (Lipinski definition) is 3. The number of amides is 2. The number of aryl methyl sites for hydroxylation is 1. The molecule has 4 nitrogen and oxygen atoms in total. The molecule has 0 spiro atoms. The second kappa shape index (κ2) is 12.2. The third-order valence-corrected chi connectivity index (χ3v) is 6.30. The third kappa shape index (κ3) is 7.19. The zero-order valence-corrected chi connectivity index (χ0v) is 19.8. The van der Waals surface area contributed by atoms with Crippen molar-refractivity contribution in [3.63, 3.8) is 0 Å². The Labute approximate surface area is 199 Å². The largest absolute Gasteiger partial charge is 0.355 e. The van der Waals surface area contributed by atoms with Gasteiger partial charge in [-0.1, -0.05) is 66.2 Å². The van der Waals surface area contributed by atoms with Crippen LogP contribution in [-0.2, 0) is 22.6 Å². The molecule has 0 aliphatic rings. The number of carbonyl (C=O) groups is 2. The summed E-state index contributed by atoms with van der Waals surface area (Å²) in [5.74, 6) is -0.694. The van der Waals surface area contributed by atoms with Gasteiger partial charge < -0.3 is 10.2 Å². The lowest BCUT2D eigenvalue weighted by Gasteiger charge is -2.31. The zero-order chi connectivity index (χ0) is 23.6. The fraction of sp³-hybridized carbons (Fsp3) is 0.259. The predicted octanol–water partition coefficient (Wildman–Crippen LogP) is 5.00. The predicted molar refractivity (Wildman–Crippen MR) is 131 cm³/mol. The quantitative estimate of drug-likeness (QED) is 0.430. The summed E-state index contributed by atoms with van der Waals surface area (Å²) >= 11 is 1.41. The second-order valence-corrected chi connectivity index (χ2v) is 8.86. The Balaban J connectivity index is 1.89. The van der Waals surface area contributed by atoms with E-state index in [1.807, 2.05) is 68.4 Å². The van der Waals surface area contributed by atoms with Crippen LogP contribution in [0.2, 0.25) is 0 Å². The molecule has 6 heteroatoms. The highest BCUT2D eigenvalue weighted by atomic mass is 32.2. The Hall–Kier alpha value is -3.12. The van der Waals surface area contributed by atoms with Gasteiger partial charge in [-0.25, -0.2) is 4.39 Å². The van der Waals surface area contributed by atoms with Crippen molar-refractivity contribution < 1.29 is 14.0 Å². The van der Waals surface area contributed by atoms with Gasteiger partial charge in [-0.05, 0) is 37.6 Å². The average molecular weight is 465 g/mol. The Morgan fingerprint density at radius 2 is 1.64 bits per heavy atom. The summed E-state index contributed by atoms with van der Waals surface area (Å²) in [5, 5.41) is 2.85. The molecule has 0 aromatic heterocycles. The van der Waals surface area contributed by atoms with E-state index in [1.165, 1.54) is 22.7 Å². The fourth-order valence-corrected chi connectivity index (χ4v) is 4.30. The molecule has 0 radical (unpaired) electrons. The van der Waals surface area contributed by atoms with Gasteiger partial charge in [0, 0.05) is 30.0 Å². The van der Waals surface area contributed by atoms with Crippen molar-refractivity contribution in [3.8, 4) is 0 Å². The van der Waals surface area contributed by atoms with Crippen LogP contribution in [-0.4, -0.2) is 35.1 Å². The summed E-state index contributed by atoms with van der Waals surface area (Å²) in [5.41, 5.74) is 2.46. The molecule has 3 rings (SSSR count). The lowest BCUT2D eigenvalue weighted by molar-refractivity contribution is -0.139. The molecule has 0 aliphatic heterocycles. The van der Waals surface area contributed by atoms with Gasteiger partial charge in [0.2, 0.25) is 11.8 Å². The number of nitrogens with zero attached hydrogens (tertiary/aromatic N) is 1. The Kier molecular flexibility index (Phi) is 9.07. The van der Waals surface area contributed by atoms with Crippen molar-refractivity contribution in [1.82, 2.24) is 10.2 Å². The van der Waals surface area contributed by atoms with E-state index in [0.717, 1.165) is 16.0 Å². The number of rotatable bonds is 10. The van der Waals surface area contributed by atoms with Crippen molar-refractivity contribution in [2.45, 2.75) is 37.8 Å². The van der Waals surface area contributed by atoms with Crippen LogP contribution in [0.5, 0.6) is 0 Å². The minimum atomic E-state index is -0.752. The first-order chi connectivity index (χ1) is 16.0. The highest BCUT2D eigenvalue weighted by Gasteiger charge is 2.30. The number of nitrogens with one attached hydrogen (secondary N) is 1. The SMILES string of the molecule is CCNC(=O)[C@H](Cc1ccccc1)N(Cc1ccccc1F)C(=O)CSc1ccc(C)cc1. The van der Waals surface area contributed by atoms with E-state index in [4.69, 9.17) is 0 Å². The topological polar surface area (TPSA) is 49.4 Å². The molecule has 0 unspecified atom stereocenters. The summed E-state index contributed by atoms with van der Waals surface area (Å²) in [6.45, 7) is 4.32. The minimum Gasteiger partial charge on any atom is -0.355 e. The van der Waals surface area contributed by atoms with E-state index in [1.54, 1.807) is 18.2 Å². The average Bonchev–Trinajstić information content (AvgIpc) is 2.82. The van der Waals surface area contributed by atoms with E-state index >= 15 is 0 Å². The molecule has 0 heterocycles. The van der Waals surface area contributed by atoms with E-state index in [9.17, 15) is 14.0 Å². The molecule has 3 aromatic rings. The van der Waals surface area contributed by atoms with Crippen molar-refractivity contribution in [1.29, 1.82) is 0 Å². The van der Waals surface area contributed by atoms with E-state index < -0.39 is 11.9 Å². The molecule has 3 aromatic carbocycles. The summed E-state index contributed by atoms with van der Waals surface area (Å²) < 4.78 is 14.5. The number of benzene rings is 3. The molecular weight excluding hydrogens is 435 g/mol. The normalized spacial score (nSPS) is 11.6. The third-order valence-electron chi connectivity index (χ3n) is 5.30. The van der Waals surface area contributed by atoms with Crippen LogP contribution in [0.3, 0.4) is 0 Å². The molecule has 0 saturated heterocycles. The van der Waals surface area contributed by atoms with Crippen LogP contribution in [0.15, 0.2) is 83.8 Å². The first kappa shape index (κ1) is 24.5. The standard InChI is InChI=1S/C27H29FN2O2S/c1-3-29-27(32)25(17-21-9-5-4-6-10-21)30(18-22-11-7-8-12-24(22)28)26(31)19-33-23-15-13-20(2)14-16-23/h4-16,25H,3,17-19H2,1-2H3,(H,29,32)/t25-/m0/s1. The number of carbonyl (C=O) groups excluding carboxylic acids is 2. The Morgan fingerprint density at radius 3 is 2.30 bits per heavy atom. The number of halogens is 1. The molecule has 0 saturated carbocycles. The van der Waals surface area contributed by atoms with Gasteiger partial charge in [0.1, 0.15) is 11.9 Å². The molecule has 1 N–H and O–H groups in total. The highest BCUT2D eigenvalue weighted by Crippen LogP contribution is 2.22. The number of likely N-dealkylation sites (N-methyl/N-ethyl adjacent to an activating group) is 1. The van der Waals surface area contributed by atoms with Gasteiger partial charge in [0.25, 0.3) is 0 Å².